The van der Waals surface area contributed by atoms with Crippen molar-refractivity contribution in [3.8, 4) is 0 Å². The number of aryl methyl sites for hydroxylation is 1. The lowest BCUT2D eigenvalue weighted by molar-refractivity contribution is 0.540. The largest absolute Gasteiger partial charge is 0.368 e. The maximum absolute atomic E-state index is 14.3. The third kappa shape index (κ3) is 3.54. The Morgan fingerprint density at radius 1 is 1.27 bits per heavy atom. The zero-order valence-electron chi connectivity index (χ0n) is 13.9. The predicted molar refractivity (Wildman–Crippen MR) is 91.9 cm³/mol. The van der Waals surface area contributed by atoms with Crippen LogP contribution in [0.3, 0.4) is 0 Å². The van der Waals surface area contributed by atoms with Crippen LogP contribution in [0, 0.1) is 11.6 Å². The van der Waals surface area contributed by atoms with Crippen molar-refractivity contribution in [2.45, 2.75) is 26.4 Å². The van der Waals surface area contributed by atoms with Gasteiger partial charge in [0, 0.05) is 18.8 Å². The second-order valence-corrected chi connectivity index (χ2v) is 5.73. The third-order valence-electron chi connectivity index (χ3n) is 3.68. The average Bonchev–Trinajstić information content (AvgIpc) is 3.02. The molecule has 3 heterocycles. The molecule has 1 atom stereocenters. The Balaban J connectivity index is 2.13. The van der Waals surface area contributed by atoms with E-state index >= 15 is 0 Å². The first-order chi connectivity index (χ1) is 12.4. The van der Waals surface area contributed by atoms with Gasteiger partial charge < -0.3 is 10.3 Å². The highest BCUT2D eigenvalue weighted by Gasteiger charge is 2.27. The van der Waals surface area contributed by atoms with E-state index < -0.39 is 17.7 Å². The molecule has 2 N–H and O–H groups in total. The molecule has 0 aliphatic heterocycles. The van der Waals surface area contributed by atoms with Crippen LogP contribution in [0.1, 0.15) is 25.6 Å². The lowest BCUT2D eigenvalue weighted by Crippen LogP contribution is -2.26. The van der Waals surface area contributed by atoms with Crippen LogP contribution in [-0.2, 0) is 6.54 Å². The fourth-order valence-electron chi connectivity index (χ4n) is 2.44. The molecule has 1 unspecified atom stereocenters. The van der Waals surface area contributed by atoms with Crippen LogP contribution >= 0.6 is 11.6 Å². The summed E-state index contributed by atoms with van der Waals surface area (Å²) in [7, 11) is 0. The summed E-state index contributed by atoms with van der Waals surface area (Å²) in [6.45, 7) is 4.28. The van der Waals surface area contributed by atoms with Crippen LogP contribution in [0.5, 0.6) is 0 Å². The fraction of sp³-hybridized carbons (Fsp3) is 0.267. The van der Waals surface area contributed by atoms with Gasteiger partial charge in [-0.05, 0) is 25.4 Å². The number of hydrogen-bond donors (Lipinski definition) is 1. The van der Waals surface area contributed by atoms with E-state index in [2.05, 4.69) is 24.9 Å². The van der Waals surface area contributed by atoms with Crippen LogP contribution in [0.25, 0.3) is 0 Å². The molecule has 0 aliphatic rings. The van der Waals surface area contributed by atoms with E-state index in [1.54, 1.807) is 19.4 Å². The maximum atomic E-state index is 14.3. The van der Waals surface area contributed by atoms with E-state index in [0.717, 1.165) is 12.3 Å². The molecule has 0 aliphatic carbocycles. The van der Waals surface area contributed by atoms with Gasteiger partial charge in [0.05, 0.1) is 24.3 Å². The third-order valence-corrected chi connectivity index (χ3v) is 3.85. The van der Waals surface area contributed by atoms with Gasteiger partial charge >= 0.3 is 0 Å². The van der Waals surface area contributed by atoms with Crippen molar-refractivity contribution in [1.29, 1.82) is 0 Å². The Kier molecular flexibility index (Phi) is 4.94. The first-order valence-electron chi connectivity index (χ1n) is 7.68. The Bertz CT molecular complexity index is 912. The number of halogens is 3. The van der Waals surface area contributed by atoms with Crippen molar-refractivity contribution < 1.29 is 8.78 Å². The molecule has 0 spiro atoms. The summed E-state index contributed by atoms with van der Waals surface area (Å²) in [6, 6.07) is 0.0322. The second kappa shape index (κ2) is 7.16. The number of rotatable bonds is 5. The normalized spacial score (nSPS) is 12.2. The summed E-state index contributed by atoms with van der Waals surface area (Å²) in [5.74, 6) is -1.17. The van der Waals surface area contributed by atoms with Gasteiger partial charge in [-0.15, -0.1) is 0 Å². The quantitative estimate of drug-likeness (QED) is 0.726. The number of nitrogens with two attached hydrogens (primary N) is 1. The summed E-state index contributed by atoms with van der Waals surface area (Å²) in [4.78, 5) is 21.5. The van der Waals surface area contributed by atoms with Gasteiger partial charge in [-0.3, -0.25) is 9.88 Å². The second-order valence-electron chi connectivity index (χ2n) is 5.39. The van der Waals surface area contributed by atoms with E-state index in [-0.39, 0.29) is 22.9 Å². The van der Waals surface area contributed by atoms with Crippen LogP contribution in [-0.4, -0.2) is 29.5 Å². The highest BCUT2D eigenvalue weighted by Crippen LogP contribution is 2.32. The van der Waals surface area contributed by atoms with Crippen molar-refractivity contribution in [3.05, 3.63) is 47.4 Å². The highest BCUT2D eigenvalue weighted by molar-refractivity contribution is 6.28. The number of nitrogens with zero attached hydrogens (tertiary/aromatic N) is 7. The molecular weight excluding hydrogens is 366 g/mol. The number of aromatic nitrogens is 6. The van der Waals surface area contributed by atoms with Gasteiger partial charge in [-0.2, -0.15) is 15.0 Å². The Labute approximate surface area is 152 Å². The number of hydrogen-bond acceptors (Lipinski definition) is 7. The minimum absolute atomic E-state index is 0.00689. The molecule has 11 heteroatoms. The molecule has 136 valence electrons. The molecule has 3 aromatic rings. The van der Waals surface area contributed by atoms with Crippen molar-refractivity contribution in [3.63, 3.8) is 0 Å². The molecule has 0 fully saturated rings. The monoisotopic (exact) mass is 380 g/mol. The molecule has 0 bridgehead atoms. The highest BCUT2D eigenvalue weighted by atomic mass is 35.5. The average molecular weight is 381 g/mol. The summed E-state index contributed by atoms with van der Waals surface area (Å²) in [6.07, 6.45) is 4.27. The minimum atomic E-state index is -0.800. The van der Waals surface area contributed by atoms with Crippen LogP contribution in [0.2, 0.25) is 5.28 Å². The van der Waals surface area contributed by atoms with E-state index in [9.17, 15) is 8.78 Å². The summed E-state index contributed by atoms with van der Waals surface area (Å²) in [5, 5.41) is -0.118. The Hall–Kier alpha value is -2.88. The fourth-order valence-corrected chi connectivity index (χ4v) is 2.60. The van der Waals surface area contributed by atoms with Crippen LogP contribution in [0.4, 0.5) is 26.5 Å². The van der Waals surface area contributed by atoms with Crippen molar-refractivity contribution in [2.75, 3.05) is 10.6 Å². The van der Waals surface area contributed by atoms with E-state index in [1.807, 2.05) is 11.5 Å². The lowest BCUT2D eigenvalue weighted by Gasteiger charge is -2.27. The van der Waals surface area contributed by atoms with Crippen molar-refractivity contribution in [1.82, 2.24) is 29.5 Å². The Morgan fingerprint density at radius 3 is 2.65 bits per heavy atom. The summed E-state index contributed by atoms with van der Waals surface area (Å²) >= 11 is 5.88. The molecule has 0 saturated heterocycles. The van der Waals surface area contributed by atoms with Gasteiger partial charge in [-0.1, -0.05) is 0 Å². The van der Waals surface area contributed by atoms with Crippen molar-refractivity contribution >= 4 is 29.3 Å². The number of anilines is 3. The molecular formula is C15H15ClF2N8. The number of pyridine rings is 1. The molecule has 0 saturated carbocycles. The summed E-state index contributed by atoms with van der Waals surface area (Å²) in [5.41, 5.74) is 5.65. The SMILES string of the molecule is CCn1cnc(N(c2nc(N)nc(Cl)n2)C(C)c2ncc(F)cc2F)c1. The van der Waals surface area contributed by atoms with Gasteiger partial charge in [-0.25, -0.2) is 13.8 Å². The first kappa shape index (κ1) is 17.9. The van der Waals surface area contributed by atoms with Crippen LogP contribution in [0.15, 0.2) is 24.8 Å². The molecule has 0 amide bonds. The van der Waals surface area contributed by atoms with E-state index in [0.29, 0.717) is 12.4 Å². The van der Waals surface area contributed by atoms with Gasteiger partial charge in [0.25, 0.3) is 0 Å². The van der Waals surface area contributed by atoms with E-state index in [4.69, 9.17) is 17.3 Å². The number of imidazole rings is 1. The van der Waals surface area contributed by atoms with Gasteiger partial charge in [0.2, 0.25) is 17.2 Å². The zero-order chi connectivity index (χ0) is 18.8. The molecule has 0 aromatic carbocycles. The molecule has 3 aromatic heterocycles. The minimum Gasteiger partial charge on any atom is -0.368 e. The van der Waals surface area contributed by atoms with E-state index in [1.165, 1.54) is 4.90 Å². The topological polar surface area (TPSA) is 98.6 Å². The van der Waals surface area contributed by atoms with Gasteiger partial charge in [0.15, 0.2) is 5.82 Å². The van der Waals surface area contributed by atoms with Gasteiger partial charge in [0.1, 0.15) is 11.6 Å². The molecule has 0 radical (unpaired) electrons. The maximum Gasteiger partial charge on any atom is 0.237 e. The van der Waals surface area contributed by atoms with Crippen molar-refractivity contribution in [2.24, 2.45) is 0 Å². The smallest absolute Gasteiger partial charge is 0.237 e. The first-order valence-corrected chi connectivity index (χ1v) is 8.05. The Morgan fingerprint density at radius 2 is 2.04 bits per heavy atom. The molecule has 26 heavy (non-hydrogen) atoms. The lowest BCUT2D eigenvalue weighted by atomic mass is 10.1. The molecule has 8 nitrogen and oxygen atoms in total. The number of nitrogen functional groups attached to an aromatic ring is 1. The zero-order valence-corrected chi connectivity index (χ0v) is 14.7. The summed E-state index contributed by atoms with van der Waals surface area (Å²) < 4.78 is 29.3. The van der Waals surface area contributed by atoms with Crippen LogP contribution < -0.4 is 10.6 Å². The molecule has 3 rings (SSSR count). The standard InChI is InChI=1S/C15H15ClF2N8/c1-3-25-6-11(21-7-25)26(15-23-13(16)22-14(19)24-15)8(2)12-10(18)4-9(17)5-20-12/h4-8H,3H2,1-2H3,(H2,19,22,23,24). The predicted octanol–water partition coefficient (Wildman–Crippen LogP) is 2.90.